The molecular formula is C9H11ClN2O2. The number of carbonyl (C=O) groups excluding carboxylic acids is 1. The quantitative estimate of drug-likeness (QED) is 0.697. The molecule has 0 N–H and O–H groups in total. The number of amides is 1. The third-order valence-corrected chi connectivity index (χ3v) is 2.84. The molecule has 0 unspecified atom stereocenters. The first kappa shape index (κ1) is 9.52. The van der Waals surface area contributed by atoms with Gasteiger partial charge in [0, 0.05) is 24.9 Å². The third-order valence-electron chi connectivity index (χ3n) is 2.40. The molecule has 1 fully saturated rings. The molecule has 5 heteroatoms. The second-order valence-corrected chi connectivity index (χ2v) is 3.81. The maximum absolute atomic E-state index is 11.7. The van der Waals surface area contributed by atoms with Gasteiger partial charge in [-0.25, -0.2) is 4.98 Å². The Balaban J connectivity index is 2.01. The molecule has 0 saturated carbocycles. The Labute approximate surface area is 86.9 Å². The highest BCUT2D eigenvalue weighted by atomic mass is 35.5. The fraction of sp³-hybridized carbons (Fsp3) is 0.556. The second kappa shape index (κ2) is 3.61. The van der Waals surface area contributed by atoms with Gasteiger partial charge < -0.3 is 9.32 Å². The molecule has 0 bridgehead atoms. The Bertz CT molecular complexity index is 344. The standard InChI is InChI=1S/C9H11ClN2O2/c1-6-8(14-5-11-6)9(13)12-3-7(2-10)4-12/h5,7H,2-4H2,1H3. The van der Waals surface area contributed by atoms with Gasteiger partial charge in [-0.2, -0.15) is 0 Å². The summed E-state index contributed by atoms with van der Waals surface area (Å²) in [6, 6.07) is 0. The van der Waals surface area contributed by atoms with Gasteiger partial charge in [-0.1, -0.05) is 0 Å². The lowest BCUT2D eigenvalue weighted by molar-refractivity contribution is 0.0502. The summed E-state index contributed by atoms with van der Waals surface area (Å²) in [5.74, 6) is 1.31. The lowest BCUT2D eigenvalue weighted by atomic mass is 10.0. The van der Waals surface area contributed by atoms with Crippen molar-refractivity contribution in [3.05, 3.63) is 17.8 Å². The molecule has 1 aliphatic heterocycles. The minimum absolute atomic E-state index is 0.0821. The van der Waals surface area contributed by atoms with Crippen LogP contribution in [0.5, 0.6) is 0 Å². The number of hydrogen-bond acceptors (Lipinski definition) is 3. The van der Waals surface area contributed by atoms with E-state index in [0.29, 0.717) is 23.3 Å². The predicted octanol–water partition coefficient (Wildman–Crippen LogP) is 1.29. The van der Waals surface area contributed by atoms with E-state index in [2.05, 4.69) is 4.98 Å². The van der Waals surface area contributed by atoms with Crippen LogP contribution in [-0.2, 0) is 0 Å². The SMILES string of the molecule is Cc1ncoc1C(=O)N1CC(CCl)C1. The zero-order valence-corrected chi connectivity index (χ0v) is 8.62. The molecule has 1 aromatic heterocycles. The van der Waals surface area contributed by atoms with E-state index in [1.807, 2.05) is 0 Å². The molecule has 1 aliphatic rings. The van der Waals surface area contributed by atoms with Crippen molar-refractivity contribution in [3.8, 4) is 0 Å². The van der Waals surface area contributed by atoms with Crippen molar-refractivity contribution < 1.29 is 9.21 Å². The minimum atomic E-state index is -0.0821. The summed E-state index contributed by atoms with van der Waals surface area (Å²) >= 11 is 5.66. The highest BCUT2D eigenvalue weighted by Crippen LogP contribution is 2.20. The van der Waals surface area contributed by atoms with Crippen LogP contribution in [0.3, 0.4) is 0 Å². The Morgan fingerprint density at radius 2 is 2.50 bits per heavy atom. The number of aromatic nitrogens is 1. The fourth-order valence-corrected chi connectivity index (χ4v) is 1.68. The Morgan fingerprint density at radius 1 is 1.79 bits per heavy atom. The van der Waals surface area contributed by atoms with Crippen molar-refractivity contribution >= 4 is 17.5 Å². The number of likely N-dealkylation sites (tertiary alicyclic amines) is 1. The number of aryl methyl sites for hydroxylation is 1. The van der Waals surface area contributed by atoms with E-state index in [9.17, 15) is 4.79 Å². The number of rotatable bonds is 2. The van der Waals surface area contributed by atoms with Crippen LogP contribution in [0.2, 0.25) is 0 Å². The van der Waals surface area contributed by atoms with E-state index >= 15 is 0 Å². The largest absolute Gasteiger partial charge is 0.438 e. The van der Waals surface area contributed by atoms with E-state index in [4.69, 9.17) is 16.0 Å². The molecule has 2 heterocycles. The normalized spacial score (nSPS) is 16.9. The van der Waals surface area contributed by atoms with E-state index in [1.165, 1.54) is 6.39 Å². The summed E-state index contributed by atoms with van der Waals surface area (Å²) < 4.78 is 5.02. The molecule has 0 spiro atoms. The molecule has 2 rings (SSSR count). The molecule has 0 radical (unpaired) electrons. The number of halogens is 1. The smallest absolute Gasteiger partial charge is 0.291 e. The average molecular weight is 215 g/mol. The Hall–Kier alpha value is -1.03. The van der Waals surface area contributed by atoms with Crippen LogP contribution >= 0.6 is 11.6 Å². The fourth-order valence-electron chi connectivity index (χ4n) is 1.48. The lowest BCUT2D eigenvalue weighted by Crippen LogP contribution is -2.50. The van der Waals surface area contributed by atoms with Gasteiger partial charge in [0.25, 0.3) is 5.91 Å². The van der Waals surface area contributed by atoms with Crippen LogP contribution in [0.15, 0.2) is 10.8 Å². The van der Waals surface area contributed by atoms with Crippen LogP contribution in [0.25, 0.3) is 0 Å². The lowest BCUT2D eigenvalue weighted by Gasteiger charge is -2.37. The molecule has 0 atom stereocenters. The van der Waals surface area contributed by atoms with Gasteiger partial charge >= 0.3 is 0 Å². The highest BCUT2D eigenvalue weighted by Gasteiger charge is 2.32. The maximum Gasteiger partial charge on any atom is 0.291 e. The van der Waals surface area contributed by atoms with Crippen molar-refractivity contribution in [2.24, 2.45) is 5.92 Å². The Morgan fingerprint density at radius 3 is 3.00 bits per heavy atom. The van der Waals surface area contributed by atoms with Gasteiger partial charge in [0.05, 0.1) is 5.69 Å². The average Bonchev–Trinajstić information content (AvgIpc) is 2.49. The van der Waals surface area contributed by atoms with E-state index in [-0.39, 0.29) is 5.91 Å². The number of oxazole rings is 1. The molecule has 1 aromatic rings. The molecular weight excluding hydrogens is 204 g/mol. The summed E-state index contributed by atoms with van der Waals surface area (Å²) in [5.41, 5.74) is 0.643. The van der Waals surface area contributed by atoms with E-state index in [1.54, 1.807) is 11.8 Å². The molecule has 4 nitrogen and oxygen atoms in total. The summed E-state index contributed by atoms with van der Waals surface area (Å²) in [6.07, 6.45) is 1.29. The maximum atomic E-state index is 11.7. The van der Waals surface area contributed by atoms with Gasteiger partial charge in [0.1, 0.15) is 0 Å². The first-order chi connectivity index (χ1) is 6.72. The van der Waals surface area contributed by atoms with E-state index < -0.39 is 0 Å². The first-order valence-corrected chi connectivity index (χ1v) is 5.01. The van der Waals surface area contributed by atoms with Crippen molar-refractivity contribution in [2.75, 3.05) is 19.0 Å². The summed E-state index contributed by atoms with van der Waals surface area (Å²) in [7, 11) is 0. The van der Waals surface area contributed by atoms with Crippen LogP contribution < -0.4 is 0 Å². The zero-order chi connectivity index (χ0) is 10.1. The van der Waals surface area contributed by atoms with E-state index in [0.717, 1.165) is 13.1 Å². The van der Waals surface area contributed by atoms with Crippen LogP contribution in [0.1, 0.15) is 16.2 Å². The molecule has 0 aliphatic carbocycles. The van der Waals surface area contributed by atoms with Crippen LogP contribution in [0, 0.1) is 12.8 Å². The van der Waals surface area contributed by atoms with Crippen molar-refractivity contribution in [1.82, 2.24) is 9.88 Å². The summed E-state index contributed by atoms with van der Waals surface area (Å²) in [5, 5.41) is 0. The van der Waals surface area contributed by atoms with Crippen LogP contribution in [0.4, 0.5) is 0 Å². The van der Waals surface area contributed by atoms with Gasteiger partial charge in [-0.15, -0.1) is 11.6 Å². The van der Waals surface area contributed by atoms with Crippen molar-refractivity contribution in [1.29, 1.82) is 0 Å². The Kier molecular flexibility index (Phi) is 2.46. The third kappa shape index (κ3) is 1.50. The van der Waals surface area contributed by atoms with Crippen LogP contribution in [-0.4, -0.2) is 34.8 Å². The van der Waals surface area contributed by atoms with Gasteiger partial charge in [0.2, 0.25) is 5.76 Å². The second-order valence-electron chi connectivity index (χ2n) is 3.50. The summed E-state index contributed by atoms with van der Waals surface area (Å²) in [6.45, 7) is 3.21. The number of nitrogens with zero attached hydrogens (tertiary/aromatic N) is 2. The van der Waals surface area contributed by atoms with Crippen molar-refractivity contribution in [3.63, 3.8) is 0 Å². The van der Waals surface area contributed by atoms with Gasteiger partial charge in [-0.05, 0) is 6.92 Å². The highest BCUT2D eigenvalue weighted by molar-refractivity contribution is 6.18. The molecule has 1 amide bonds. The summed E-state index contributed by atoms with van der Waals surface area (Å²) in [4.78, 5) is 17.3. The predicted molar refractivity (Wildman–Crippen MR) is 51.4 cm³/mol. The van der Waals surface area contributed by atoms with Gasteiger partial charge in [0.15, 0.2) is 6.39 Å². The van der Waals surface area contributed by atoms with Gasteiger partial charge in [-0.3, -0.25) is 4.79 Å². The zero-order valence-electron chi connectivity index (χ0n) is 7.86. The molecule has 76 valence electrons. The molecule has 1 saturated heterocycles. The minimum Gasteiger partial charge on any atom is -0.438 e. The topological polar surface area (TPSA) is 46.3 Å². The number of carbonyl (C=O) groups is 1. The van der Waals surface area contributed by atoms with Crippen molar-refractivity contribution in [2.45, 2.75) is 6.92 Å². The molecule has 0 aromatic carbocycles. The number of alkyl halides is 1. The first-order valence-electron chi connectivity index (χ1n) is 4.47. The number of hydrogen-bond donors (Lipinski definition) is 0. The molecule has 14 heavy (non-hydrogen) atoms. The monoisotopic (exact) mass is 214 g/mol.